The summed E-state index contributed by atoms with van der Waals surface area (Å²) in [5.74, 6) is 0.898. The van der Waals surface area contributed by atoms with Gasteiger partial charge in [0.05, 0.1) is 0 Å². The Morgan fingerprint density at radius 2 is 1.89 bits per heavy atom. The van der Waals surface area contributed by atoms with Gasteiger partial charge in [-0.25, -0.2) is 0 Å². The van der Waals surface area contributed by atoms with Crippen LogP contribution in [0, 0.1) is 5.92 Å². The van der Waals surface area contributed by atoms with Crippen molar-refractivity contribution >= 4 is 11.8 Å². The number of hydrogen-bond donors (Lipinski definition) is 1. The molecule has 1 atom stereocenters. The first kappa shape index (κ1) is 14.5. The molecule has 2 rings (SSSR count). The number of nitrogens with zero attached hydrogens (tertiary/aromatic N) is 1. The highest BCUT2D eigenvalue weighted by atomic mass is 32.2. The fourth-order valence-corrected chi connectivity index (χ4v) is 3.56. The van der Waals surface area contributed by atoms with Crippen molar-refractivity contribution in [2.24, 2.45) is 5.92 Å². The summed E-state index contributed by atoms with van der Waals surface area (Å²) < 4.78 is 36.0. The predicted octanol–water partition coefficient (Wildman–Crippen LogP) is 2.70. The van der Waals surface area contributed by atoms with Gasteiger partial charge in [0.2, 0.25) is 0 Å². The van der Waals surface area contributed by atoms with Crippen LogP contribution < -0.4 is 5.32 Å². The second kappa shape index (κ2) is 6.48. The van der Waals surface area contributed by atoms with E-state index >= 15 is 0 Å². The van der Waals surface area contributed by atoms with Gasteiger partial charge in [0.25, 0.3) is 0 Å². The largest absolute Gasteiger partial charge is 0.441 e. The molecule has 0 aromatic heterocycles. The lowest BCUT2D eigenvalue weighted by molar-refractivity contribution is -0.0329. The smallest absolute Gasteiger partial charge is 0.314 e. The van der Waals surface area contributed by atoms with Crippen molar-refractivity contribution in [3.63, 3.8) is 0 Å². The van der Waals surface area contributed by atoms with Crippen LogP contribution in [0.4, 0.5) is 13.2 Å². The maximum Gasteiger partial charge on any atom is 0.441 e. The second-order valence-electron chi connectivity index (χ2n) is 5.18. The van der Waals surface area contributed by atoms with Crippen LogP contribution in [0.3, 0.4) is 0 Å². The van der Waals surface area contributed by atoms with E-state index in [0.717, 1.165) is 38.4 Å². The molecule has 0 saturated carbocycles. The molecule has 2 aliphatic rings. The molecule has 0 aliphatic carbocycles. The van der Waals surface area contributed by atoms with Crippen molar-refractivity contribution in [1.82, 2.24) is 10.2 Å². The van der Waals surface area contributed by atoms with Crippen LogP contribution in [-0.2, 0) is 0 Å². The van der Waals surface area contributed by atoms with Gasteiger partial charge in [0, 0.05) is 18.3 Å². The number of alkyl halides is 3. The van der Waals surface area contributed by atoms with E-state index in [-0.39, 0.29) is 17.5 Å². The summed E-state index contributed by atoms with van der Waals surface area (Å²) in [6, 6.07) is 0.664. The summed E-state index contributed by atoms with van der Waals surface area (Å²) in [4.78, 5) is 2.17. The number of piperidine rings is 1. The molecule has 0 aromatic carbocycles. The third-order valence-electron chi connectivity index (χ3n) is 3.97. The van der Waals surface area contributed by atoms with Gasteiger partial charge in [-0.2, -0.15) is 13.2 Å². The zero-order valence-electron chi connectivity index (χ0n) is 10.5. The molecule has 2 heterocycles. The van der Waals surface area contributed by atoms with Crippen molar-refractivity contribution < 1.29 is 13.2 Å². The lowest BCUT2D eigenvalue weighted by atomic mass is 9.88. The van der Waals surface area contributed by atoms with E-state index in [9.17, 15) is 13.2 Å². The van der Waals surface area contributed by atoms with Crippen LogP contribution in [0.15, 0.2) is 0 Å². The molecular weight excluding hydrogens is 261 g/mol. The monoisotopic (exact) mass is 282 g/mol. The second-order valence-corrected chi connectivity index (χ2v) is 6.34. The Labute approximate surface area is 111 Å². The van der Waals surface area contributed by atoms with Crippen molar-refractivity contribution in [2.45, 2.75) is 37.2 Å². The van der Waals surface area contributed by atoms with Crippen LogP contribution >= 0.6 is 11.8 Å². The van der Waals surface area contributed by atoms with Gasteiger partial charge < -0.3 is 10.2 Å². The third kappa shape index (κ3) is 4.63. The van der Waals surface area contributed by atoms with E-state index in [2.05, 4.69) is 10.2 Å². The van der Waals surface area contributed by atoms with Gasteiger partial charge in [-0.05, 0) is 63.0 Å². The zero-order valence-corrected chi connectivity index (χ0v) is 11.3. The Kier molecular flexibility index (Phi) is 5.21. The molecule has 0 bridgehead atoms. The van der Waals surface area contributed by atoms with Crippen molar-refractivity contribution in [1.29, 1.82) is 0 Å². The van der Waals surface area contributed by atoms with E-state index in [0.29, 0.717) is 12.6 Å². The molecule has 6 heteroatoms. The summed E-state index contributed by atoms with van der Waals surface area (Å²) >= 11 is 0.0993. The molecule has 1 N–H and O–H groups in total. The fraction of sp³-hybridized carbons (Fsp3) is 1.00. The summed E-state index contributed by atoms with van der Waals surface area (Å²) in [6.07, 6.45) is 4.81. The van der Waals surface area contributed by atoms with Gasteiger partial charge >= 0.3 is 5.51 Å². The summed E-state index contributed by atoms with van der Waals surface area (Å²) in [5, 5.41) is 3.53. The number of thioether (sulfide) groups is 1. The molecule has 0 radical (unpaired) electrons. The average molecular weight is 282 g/mol. The molecule has 0 aromatic rings. The molecule has 2 nitrogen and oxygen atoms in total. The van der Waals surface area contributed by atoms with E-state index in [1.54, 1.807) is 0 Å². The van der Waals surface area contributed by atoms with Gasteiger partial charge in [-0.1, -0.05) is 0 Å². The minimum Gasteiger partial charge on any atom is -0.314 e. The Bertz CT molecular complexity index is 246. The van der Waals surface area contributed by atoms with Gasteiger partial charge in [-0.15, -0.1) is 0 Å². The number of hydrogen-bond acceptors (Lipinski definition) is 3. The van der Waals surface area contributed by atoms with Crippen LogP contribution in [-0.4, -0.2) is 48.4 Å². The number of likely N-dealkylation sites (tertiary alicyclic amines) is 1. The predicted molar refractivity (Wildman–Crippen MR) is 68.7 cm³/mol. The van der Waals surface area contributed by atoms with Gasteiger partial charge in [-0.3, -0.25) is 0 Å². The minimum atomic E-state index is -4.08. The minimum absolute atomic E-state index is 0.0993. The van der Waals surface area contributed by atoms with Gasteiger partial charge in [0.1, 0.15) is 0 Å². The molecule has 18 heavy (non-hydrogen) atoms. The van der Waals surface area contributed by atoms with Crippen molar-refractivity contribution in [2.75, 3.05) is 31.9 Å². The molecule has 0 spiro atoms. The van der Waals surface area contributed by atoms with Crippen LogP contribution in [0.5, 0.6) is 0 Å². The topological polar surface area (TPSA) is 15.3 Å². The Hall–Kier alpha value is 0.0600. The molecule has 2 fully saturated rings. The summed E-state index contributed by atoms with van der Waals surface area (Å²) in [6.45, 7) is 3.62. The molecule has 1 unspecified atom stereocenters. The lowest BCUT2D eigenvalue weighted by Gasteiger charge is -2.34. The van der Waals surface area contributed by atoms with Gasteiger partial charge in [0.15, 0.2) is 0 Å². The standard InChI is InChI=1S/C12H21F3N2S/c13-12(14,15)18-9-8-17-6-3-10(4-7-17)11-2-1-5-16-11/h10-11,16H,1-9H2. The van der Waals surface area contributed by atoms with E-state index in [1.165, 1.54) is 12.8 Å². The van der Waals surface area contributed by atoms with Crippen LogP contribution in [0.2, 0.25) is 0 Å². The number of halogens is 3. The number of rotatable bonds is 4. The summed E-state index contributed by atoms with van der Waals surface area (Å²) in [7, 11) is 0. The van der Waals surface area contributed by atoms with Crippen LogP contribution in [0.1, 0.15) is 25.7 Å². The fourth-order valence-electron chi connectivity index (χ4n) is 2.98. The van der Waals surface area contributed by atoms with E-state index in [1.807, 2.05) is 0 Å². The molecular formula is C12H21F3N2S. The van der Waals surface area contributed by atoms with Crippen LogP contribution in [0.25, 0.3) is 0 Å². The first-order valence-corrected chi connectivity index (χ1v) is 7.69. The molecule has 0 amide bonds. The van der Waals surface area contributed by atoms with E-state index < -0.39 is 5.51 Å². The molecule has 2 saturated heterocycles. The highest BCUT2D eigenvalue weighted by molar-refractivity contribution is 8.00. The highest BCUT2D eigenvalue weighted by Crippen LogP contribution is 2.30. The van der Waals surface area contributed by atoms with Crippen molar-refractivity contribution in [3.8, 4) is 0 Å². The first-order chi connectivity index (χ1) is 8.54. The molecule has 2 aliphatic heterocycles. The quantitative estimate of drug-likeness (QED) is 0.853. The number of nitrogens with one attached hydrogen (secondary N) is 1. The average Bonchev–Trinajstić information content (AvgIpc) is 2.82. The third-order valence-corrected chi connectivity index (χ3v) is 4.69. The Balaban J connectivity index is 1.61. The highest BCUT2D eigenvalue weighted by Gasteiger charge is 2.30. The SMILES string of the molecule is FC(F)(F)SCCN1CCC(C2CCCN2)CC1. The molecule has 106 valence electrons. The summed E-state index contributed by atoms with van der Waals surface area (Å²) in [5.41, 5.74) is -4.08. The normalized spacial score (nSPS) is 27.8. The maximum absolute atomic E-state index is 12.0. The van der Waals surface area contributed by atoms with Crippen molar-refractivity contribution in [3.05, 3.63) is 0 Å². The Morgan fingerprint density at radius 1 is 1.17 bits per heavy atom. The zero-order chi connectivity index (χ0) is 13.0. The Morgan fingerprint density at radius 3 is 2.44 bits per heavy atom. The first-order valence-electron chi connectivity index (χ1n) is 6.71. The maximum atomic E-state index is 12.0. The lowest BCUT2D eigenvalue weighted by Crippen LogP contribution is -2.41. The van der Waals surface area contributed by atoms with E-state index in [4.69, 9.17) is 0 Å².